The van der Waals surface area contributed by atoms with Gasteiger partial charge >= 0.3 is 0 Å². The summed E-state index contributed by atoms with van der Waals surface area (Å²) in [5, 5.41) is 12.4. The van der Waals surface area contributed by atoms with Gasteiger partial charge in [0.2, 0.25) is 0 Å². The summed E-state index contributed by atoms with van der Waals surface area (Å²) in [5.41, 5.74) is 2.40. The van der Waals surface area contributed by atoms with Crippen LogP contribution in [0.4, 0.5) is 0 Å². The van der Waals surface area contributed by atoms with Crippen LogP contribution in [0.25, 0.3) is 10.2 Å². The Kier molecular flexibility index (Phi) is 3.15. The molecule has 0 bridgehead atoms. The van der Waals surface area contributed by atoms with Gasteiger partial charge in [0, 0.05) is 23.5 Å². The molecule has 0 amide bonds. The second kappa shape index (κ2) is 4.95. The van der Waals surface area contributed by atoms with Crippen molar-refractivity contribution < 1.29 is 9.84 Å². The quantitative estimate of drug-likeness (QED) is 0.796. The topological polar surface area (TPSA) is 55.2 Å². The number of hydrogen-bond donors (Lipinski definition) is 1. The maximum absolute atomic E-state index is 10.4. The van der Waals surface area contributed by atoms with E-state index in [2.05, 4.69) is 9.97 Å². The molecule has 0 aliphatic rings. The van der Waals surface area contributed by atoms with Crippen molar-refractivity contribution >= 4 is 21.6 Å². The van der Waals surface area contributed by atoms with Crippen LogP contribution >= 0.6 is 11.3 Å². The molecule has 19 heavy (non-hydrogen) atoms. The predicted octanol–water partition coefficient (Wildman–Crippen LogP) is 2.78. The summed E-state index contributed by atoms with van der Waals surface area (Å²) < 4.78 is 6.17. The van der Waals surface area contributed by atoms with Crippen molar-refractivity contribution in [3.63, 3.8) is 0 Å². The summed E-state index contributed by atoms with van der Waals surface area (Å²) in [5.74, 6) is 0.627. The fourth-order valence-electron chi connectivity index (χ4n) is 1.90. The average molecular weight is 272 g/mol. The first-order valence-corrected chi connectivity index (χ1v) is 6.66. The molecule has 3 heterocycles. The molecule has 1 unspecified atom stereocenters. The average Bonchev–Trinajstić information content (AvgIpc) is 2.94. The Hall–Kier alpha value is -1.98. The van der Waals surface area contributed by atoms with E-state index in [1.807, 2.05) is 17.5 Å². The first-order valence-electron chi connectivity index (χ1n) is 5.78. The van der Waals surface area contributed by atoms with E-state index < -0.39 is 6.10 Å². The van der Waals surface area contributed by atoms with Crippen molar-refractivity contribution in [3.05, 3.63) is 53.3 Å². The van der Waals surface area contributed by atoms with Crippen LogP contribution in [0.1, 0.15) is 17.2 Å². The van der Waals surface area contributed by atoms with Gasteiger partial charge in [-0.05, 0) is 23.6 Å². The highest BCUT2D eigenvalue weighted by Crippen LogP contribution is 2.27. The van der Waals surface area contributed by atoms with Crippen molar-refractivity contribution in [2.45, 2.75) is 6.10 Å². The summed E-state index contributed by atoms with van der Waals surface area (Å²) in [4.78, 5) is 8.38. The maximum atomic E-state index is 10.4. The zero-order valence-corrected chi connectivity index (χ0v) is 11.1. The van der Waals surface area contributed by atoms with Crippen LogP contribution < -0.4 is 4.74 Å². The molecule has 0 saturated heterocycles. The van der Waals surface area contributed by atoms with Gasteiger partial charge in [0.15, 0.2) is 0 Å². The molecule has 3 aromatic rings. The fourth-order valence-corrected chi connectivity index (χ4v) is 2.69. The smallest absolute Gasteiger partial charge is 0.137 e. The molecule has 4 nitrogen and oxygen atoms in total. The summed E-state index contributed by atoms with van der Waals surface area (Å²) >= 11 is 1.61. The standard InChI is InChI=1S/C14H12N2O2S/c1-18-11-4-9(6-15-8-11)14(17)10-5-13-12(16-7-10)2-3-19-13/h2-8,14,17H,1H3. The lowest BCUT2D eigenvalue weighted by molar-refractivity contribution is 0.219. The summed E-state index contributed by atoms with van der Waals surface area (Å²) in [7, 11) is 1.58. The van der Waals surface area contributed by atoms with Crippen LogP contribution in [0.5, 0.6) is 5.75 Å². The summed E-state index contributed by atoms with van der Waals surface area (Å²) in [6.45, 7) is 0. The number of aliphatic hydroxyl groups is 1. The number of fused-ring (bicyclic) bond motifs is 1. The highest BCUT2D eigenvalue weighted by Gasteiger charge is 2.13. The third kappa shape index (κ3) is 2.30. The third-order valence-electron chi connectivity index (χ3n) is 2.93. The molecule has 0 radical (unpaired) electrons. The Balaban J connectivity index is 1.99. The second-order valence-electron chi connectivity index (χ2n) is 4.13. The van der Waals surface area contributed by atoms with E-state index in [4.69, 9.17) is 4.74 Å². The van der Waals surface area contributed by atoms with Gasteiger partial charge in [0.1, 0.15) is 11.9 Å². The molecule has 0 saturated carbocycles. The Morgan fingerprint density at radius 2 is 2.05 bits per heavy atom. The number of thiophene rings is 1. The van der Waals surface area contributed by atoms with Gasteiger partial charge in [0.25, 0.3) is 0 Å². The fraction of sp³-hybridized carbons (Fsp3) is 0.143. The number of pyridine rings is 2. The van der Waals surface area contributed by atoms with Crippen LogP contribution in [0, 0.1) is 0 Å². The van der Waals surface area contributed by atoms with E-state index in [-0.39, 0.29) is 0 Å². The number of aliphatic hydroxyl groups excluding tert-OH is 1. The largest absolute Gasteiger partial charge is 0.495 e. The van der Waals surface area contributed by atoms with Crippen LogP contribution in [0.15, 0.2) is 42.2 Å². The Bertz CT molecular complexity index is 711. The normalized spacial score (nSPS) is 12.5. The Labute approximate surface area is 114 Å². The summed E-state index contributed by atoms with van der Waals surface area (Å²) in [6.07, 6.45) is 4.18. The molecule has 3 aromatic heterocycles. The van der Waals surface area contributed by atoms with E-state index in [0.717, 1.165) is 15.8 Å². The van der Waals surface area contributed by atoms with Crippen LogP contribution in [-0.2, 0) is 0 Å². The van der Waals surface area contributed by atoms with Gasteiger partial charge < -0.3 is 9.84 Å². The highest BCUT2D eigenvalue weighted by atomic mass is 32.1. The van der Waals surface area contributed by atoms with E-state index in [9.17, 15) is 5.11 Å². The molecule has 96 valence electrons. The Morgan fingerprint density at radius 3 is 2.89 bits per heavy atom. The minimum absolute atomic E-state index is 0.627. The molecule has 5 heteroatoms. The van der Waals surface area contributed by atoms with Gasteiger partial charge in [-0.3, -0.25) is 9.97 Å². The third-order valence-corrected chi connectivity index (χ3v) is 3.78. The molecule has 0 aliphatic heterocycles. The first-order chi connectivity index (χ1) is 9.28. The lowest BCUT2D eigenvalue weighted by Gasteiger charge is -2.11. The van der Waals surface area contributed by atoms with Gasteiger partial charge in [0.05, 0.1) is 23.5 Å². The van der Waals surface area contributed by atoms with Crippen LogP contribution in [0.2, 0.25) is 0 Å². The number of nitrogens with zero attached hydrogens (tertiary/aromatic N) is 2. The van der Waals surface area contributed by atoms with E-state index in [1.165, 1.54) is 0 Å². The molecule has 3 rings (SSSR count). The predicted molar refractivity (Wildman–Crippen MR) is 74.5 cm³/mol. The van der Waals surface area contributed by atoms with Crippen molar-refractivity contribution in [3.8, 4) is 5.75 Å². The monoisotopic (exact) mass is 272 g/mol. The van der Waals surface area contributed by atoms with E-state index in [0.29, 0.717) is 11.3 Å². The number of rotatable bonds is 3. The van der Waals surface area contributed by atoms with Crippen LogP contribution in [0.3, 0.4) is 0 Å². The van der Waals surface area contributed by atoms with Crippen LogP contribution in [-0.4, -0.2) is 22.2 Å². The minimum atomic E-state index is -0.749. The molecule has 1 N–H and O–H groups in total. The van der Waals surface area contributed by atoms with Gasteiger partial charge in [-0.15, -0.1) is 11.3 Å². The molecule has 0 aliphatic carbocycles. The molecular formula is C14H12N2O2S. The minimum Gasteiger partial charge on any atom is -0.495 e. The first kappa shape index (κ1) is 12.1. The summed E-state index contributed by atoms with van der Waals surface area (Å²) in [6, 6.07) is 5.69. The zero-order valence-electron chi connectivity index (χ0n) is 10.3. The maximum Gasteiger partial charge on any atom is 0.137 e. The van der Waals surface area contributed by atoms with Crippen molar-refractivity contribution in [1.82, 2.24) is 9.97 Å². The van der Waals surface area contributed by atoms with E-state index in [1.54, 1.807) is 43.1 Å². The van der Waals surface area contributed by atoms with Gasteiger partial charge in [-0.1, -0.05) is 0 Å². The zero-order chi connectivity index (χ0) is 13.2. The lowest BCUT2D eigenvalue weighted by Crippen LogP contribution is -2.01. The number of hydrogen-bond acceptors (Lipinski definition) is 5. The van der Waals surface area contributed by atoms with Gasteiger partial charge in [-0.2, -0.15) is 0 Å². The number of methoxy groups -OCH3 is 1. The van der Waals surface area contributed by atoms with Crippen molar-refractivity contribution in [2.24, 2.45) is 0 Å². The molecule has 0 fully saturated rings. The Morgan fingerprint density at radius 1 is 1.21 bits per heavy atom. The van der Waals surface area contributed by atoms with Crippen molar-refractivity contribution in [1.29, 1.82) is 0 Å². The van der Waals surface area contributed by atoms with Crippen molar-refractivity contribution in [2.75, 3.05) is 7.11 Å². The SMILES string of the molecule is COc1cncc(C(O)c2cnc3ccsc3c2)c1. The molecule has 1 atom stereocenters. The lowest BCUT2D eigenvalue weighted by atomic mass is 10.0. The van der Waals surface area contributed by atoms with E-state index >= 15 is 0 Å². The molecular weight excluding hydrogens is 260 g/mol. The number of aromatic nitrogens is 2. The highest BCUT2D eigenvalue weighted by molar-refractivity contribution is 7.17. The molecule has 0 aromatic carbocycles. The molecule has 0 spiro atoms. The second-order valence-corrected chi connectivity index (χ2v) is 5.08. The number of ether oxygens (including phenoxy) is 1. The van der Waals surface area contributed by atoms with Gasteiger partial charge in [-0.25, -0.2) is 0 Å².